The quantitative estimate of drug-likeness (QED) is 0.825. The Hall–Kier alpha value is -1.31. The fourth-order valence-electron chi connectivity index (χ4n) is 3.60. The second-order valence-corrected chi connectivity index (χ2v) is 5.77. The zero-order valence-corrected chi connectivity index (χ0v) is 9.71. The van der Waals surface area contributed by atoms with Crippen molar-refractivity contribution in [1.82, 2.24) is 0 Å². The SMILES string of the molecule is Cc1cc(C)cc(C23CC(C(=O)O)(C2)C3)c1. The summed E-state index contributed by atoms with van der Waals surface area (Å²) >= 11 is 0. The molecule has 0 amide bonds. The van der Waals surface area contributed by atoms with Crippen LogP contribution in [0, 0.1) is 19.3 Å². The van der Waals surface area contributed by atoms with E-state index in [4.69, 9.17) is 5.11 Å². The van der Waals surface area contributed by atoms with Crippen LogP contribution in [0.3, 0.4) is 0 Å². The van der Waals surface area contributed by atoms with Gasteiger partial charge >= 0.3 is 5.97 Å². The molecule has 1 aromatic carbocycles. The Kier molecular flexibility index (Phi) is 1.65. The third-order valence-electron chi connectivity index (χ3n) is 4.32. The van der Waals surface area contributed by atoms with Crippen LogP contribution in [0.5, 0.6) is 0 Å². The first kappa shape index (κ1) is 9.88. The first-order chi connectivity index (χ1) is 7.46. The number of hydrogen-bond acceptors (Lipinski definition) is 1. The number of carboxylic acid groups (broad SMARTS) is 1. The minimum Gasteiger partial charge on any atom is -0.481 e. The highest BCUT2D eigenvalue weighted by Crippen LogP contribution is 2.73. The summed E-state index contributed by atoms with van der Waals surface area (Å²) in [5, 5.41) is 9.10. The van der Waals surface area contributed by atoms with E-state index < -0.39 is 5.97 Å². The van der Waals surface area contributed by atoms with Crippen LogP contribution in [0.4, 0.5) is 0 Å². The van der Waals surface area contributed by atoms with Crippen molar-refractivity contribution in [1.29, 1.82) is 0 Å². The van der Waals surface area contributed by atoms with E-state index in [1.807, 2.05) is 0 Å². The summed E-state index contributed by atoms with van der Waals surface area (Å²) in [5.41, 5.74) is 3.76. The van der Waals surface area contributed by atoms with Gasteiger partial charge in [0, 0.05) is 0 Å². The first-order valence-electron chi connectivity index (χ1n) is 5.78. The van der Waals surface area contributed by atoms with Gasteiger partial charge in [-0.25, -0.2) is 0 Å². The van der Waals surface area contributed by atoms with Gasteiger partial charge in [-0.2, -0.15) is 0 Å². The fourth-order valence-corrected chi connectivity index (χ4v) is 3.60. The van der Waals surface area contributed by atoms with E-state index in [2.05, 4.69) is 32.0 Å². The summed E-state index contributed by atoms with van der Waals surface area (Å²) in [5.74, 6) is -0.598. The summed E-state index contributed by atoms with van der Waals surface area (Å²) in [4.78, 5) is 11.0. The van der Waals surface area contributed by atoms with Gasteiger partial charge in [-0.1, -0.05) is 29.3 Å². The molecule has 0 unspecified atom stereocenters. The number of carboxylic acids is 1. The molecule has 3 aliphatic carbocycles. The standard InChI is InChI=1S/C14H16O2/c1-9-3-10(2)5-11(4-9)13-6-14(7-13,8-13)12(15)16/h3-5H,6-8H2,1-2H3,(H,15,16). The van der Waals surface area contributed by atoms with Gasteiger partial charge in [-0.3, -0.25) is 4.79 Å². The topological polar surface area (TPSA) is 37.3 Å². The van der Waals surface area contributed by atoms with Crippen LogP contribution in [0.25, 0.3) is 0 Å². The van der Waals surface area contributed by atoms with Crippen molar-refractivity contribution >= 4 is 5.97 Å². The van der Waals surface area contributed by atoms with E-state index in [1.165, 1.54) is 16.7 Å². The van der Waals surface area contributed by atoms with E-state index >= 15 is 0 Å². The van der Waals surface area contributed by atoms with Crippen molar-refractivity contribution in [3.05, 3.63) is 34.9 Å². The molecule has 0 radical (unpaired) electrons. The van der Waals surface area contributed by atoms with E-state index in [0.717, 1.165) is 19.3 Å². The van der Waals surface area contributed by atoms with Gasteiger partial charge in [0.2, 0.25) is 0 Å². The van der Waals surface area contributed by atoms with Gasteiger partial charge in [-0.15, -0.1) is 0 Å². The van der Waals surface area contributed by atoms with Gasteiger partial charge < -0.3 is 5.11 Å². The highest BCUT2D eigenvalue weighted by molar-refractivity contribution is 5.81. The Morgan fingerprint density at radius 3 is 2.06 bits per heavy atom. The Labute approximate surface area is 95.3 Å². The third kappa shape index (κ3) is 1.05. The summed E-state index contributed by atoms with van der Waals surface area (Å²) in [6.07, 6.45) is 2.54. The number of aliphatic carboxylic acids is 1. The van der Waals surface area contributed by atoms with Crippen LogP contribution in [0.2, 0.25) is 0 Å². The Balaban J connectivity index is 1.90. The molecule has 0 saturated heterocycles. The molecule has 2 bridgehead atoms. The summed E-state index contributed by atoms with van der Waals surface area (Å²) in [6, 6.07) is 6.61. The molecule has 16 heavy (non-hydrogen) atoms. The number of carbonyl (C=O) groups is 1. The van der Waals surface area contributed by atoms with Gasteiger partial charge in [0.15, 0.2) is 0 Å². The summed E-state index contributed by atoms with van der Waals surface area (Å²) < 4.78 is 0. The normalized spacial score (nSPS) is 35.1. The van der Waals surface area contributed by atoms with Crippen molar-refractivity contribution < 1.29 is 9.90 Å². The maximum absolute atomic E-state index is 11.0. The van der Waals surface area contributed by atoms with E-state index in [9.17, 15) is 4.79 Å². The number of benzene rings is 1. The molecule has 3 saturated carbocycles. The van der Waals surface area contributed by atoms with Crippen molar-refractivity contribution in [3.8, 4) is 0 Å². The molecule has 2 nitrogen and oxygen atoms in total. The zero-order valence-electron chi connectivity index (χ0n) is 9.71. The molecule has 0 aromatic heterocycles. The van der Waals surface area contributed by atoms with Gasteiger partial charge in [0.25, 0.3) is 0 Å². The average Bonchev–Trinajstić information content (AvgIpc) is 1.94. The summed E-state index contributed by atoms with van der Waals surface area (Å²) in [6.45, 7) is 4.21. The predicted molar refractivity (Wildman–Crippen MR) is 61.5 cm³/mol. The third-order valence-corrected chi connectivity index (χ3v) is 4.32. The molecule has 1 aromatic rings. The largest absolute Gasteiger partial charge is 0.481 e. The van der Waals surface area contributed by atoms with Crippen molar-refractivity contribution in [3.63, 3.8) is 0 Å². The van der Waals surface area contributed by atoms with Crippen LogP contribution >= 0.6 is 0 Å². The number of rotatable bonds is 2. The van der Waals surface area contributed by atoms with Gasteiger partial charge in [0.1, 0.15) is 0 Å². The lowest BCUT2D eigenvalue weighted by molar-refractivity contribution is -0.194. The molecular weight excluding hydrogens is 200 g/mol. The Morgan fingerprint density at radius 1 is 1.12 bits per heavy atom. The van der Waals surface area contributed by atoms with Crippen molar-refractivity contribution in [2.75, 3.05) is 0 Å². The van der Waals surface area contributed by atoms with Crippen LogP contribution in [-0.4, -0.2) is 11.1 Å². The molecule has 3 fully saturated rings. The molecule has 84 valence electrons. The maximum atomic E-state index is 11.0. The second-order valence-electron chi connectivity index (χ2n) is 5.77. The maximum Gasteiger partial charge on any atom is 0.309 e. The molecule has 3 aliphatic rings. The summed E-state index contributed by atoms with van der Waals surface area (Å²) in [7, 11) is 0. The van der Waals surface area contributed by atoms with Gasteiger partial charge in [0.05, 0.1) is 5.41 Å². The lowest BCUT2D eigenvalue weighted by atomic mass is 9.33. The molecule has 2 heteroatoms. The van der Waals surface area contributed by atoms with E-state index in [1.54, 1.807) is 0 Å². The van der Waals surface area contributed by atoms with Crippen molar-refractivity contribution in [2.45, 2.75) is 38.5 Å². The Bertz CT molecular complexity index is 447. The fraction of sp³-hybridized carbons (Fsp3) is 0.500. The van der Waals surface area contributed by atoms with Crippen molar-refractivity contribution in [2.24, 2.45) is 5.41 Å². The first-order valence-corrected chi connectivity index (χ1v) is 5.78. The number of hydrogen-bond donors (Lipinski definition) is 1. The molecule has 4 rings (SSSR count). The minimum absolute atomic E-state index is 0.204. The highest BCUT2D eigenvalue weighted by atomic mass is 16.4. The molecule has 1 N–H and O–H groups in total. The lowest BCUT2D eigenvalue weighted by Crippen LogP contribution is -2.67. The van der Waals surface area contributed by atoms with E-state index in [-0.39, 0.29) is 10.8 Å². The minimum atomic E-state index is -0.598. The van der Waals surface area contributed by atoms with Crippen LogP contribution in [-0.2, 0) is 10.2 Å². The van der Waals surface area contributed by atoms with Crippen LogP contribution < -0.4 is 0 Å². The van der Waals surface area contributed by atoms with E-state index in [0.29, 0.717) is 0 Å². The Morgan fingerprint density at radius 2 is 1.62 bits per heavy atom. The molecule has 0 atom stereocenters. The number of aryl methyl sites for hydroxylation is 2. The smallest absolute Gasteiger partial charge is 0.309 e. The molecule has 0 spiro atoms. The predicted octanol–water partition coefficient (Wildman–Crippen LogP) is 2.81. The zero-order chi connectivity index (χ0) is 11.6. The van der Waals surface area contributed by atoms with Crippen LogP contribution in [0.15, 0.2) is 18.2 Å². The monoisotopic (exact) mass is 216 g/mol. The highest BCUT2D eigenvalue weighted by Gasteiger charge is 2.72. The molecule has 0 heterocycles. The second kappa shape index (κ2) is 2.68. The lowest BCUT2D eigenvalue weighted by Gasteiger charge is -2.68. The van der Waals surface area contributed by atoms with Crippen LogP contribution in [0.1, 0.15) is 36.0 Å². The molecular formula is C14H16O2. The molecule has 0 aliphatic heterocycles. The van der Waals surface area contributed by atoms with Gasteiger partial charge in [-0.05, 0) is 44.1 Å². The average molecular weight is 216 g/mol.